The quantitative estimate of drug-likeness (QED) is 0.368. The molecule has 1 aromatic heterocycles. The highest BCUT2D eigenvalue weighted by Crippen LogP contribution is 2.53. The minimum atomic E-state index is -0.422. The third kappa shape index (κ3) is 4.42. The largest absolute Gasteiger partial charge is 0.395 e. The summed E-state index contributed by atoms with van der Waals surface area (Å²) < 4.78 is 0. The van der Waals surface area contributed by atoms with Crippen molar-refractivity contribution >= 4 is 0 Å². The molecule has 1 unspecified atom stereocenters. The number of aromatic nitrogens is 1. The van der Waals surface area contributed by atoms with Crippen LogP contribution in [0.5, 0.6) is 0 Å². The van der Waals surface area contributed by atoms with E-state index in [2.05, 4.69) is 113 Å². The molecule has 2 heterocycles. The molecule has 0 bridgehead atoms. The van der Waals surface area contributed by atoms with Gasteiger partial charge in [-0.25, -0.2) is 0 Å². The molecule has 0 radical (unpaired) electrons. The number of benzene rings is 3. The highest BCUT2D eigenvalue weighted by molar-refractivity contribution is 5.50. The van der Waals surface area contributed by atoms with Crippen molar-refractivity contribution in [2.24, 2.45) is 0 Å². The van der Waals surface area contributed by atoms with E-state index in [0.29, 0.717) is 0 Å². The Morgan fingerprint density at radius 1 is 0.714 bits per heavy atom. The summed E-state index contributed by atoms with van der Waals surface area (Å²) in [4.78, 5) is 7.11. The van der Waals surface area contributed by atoms with Gasteiger partial charge in [0.25, 0.3) is 0 Å². The second kappa shape index (κ2) is 10.6. The van der Waals surface area contributed by atoms with Gasteiger partial charge in [0, 0.05) is 29.3 Å². The van der Waals surface area contributed by atoms with E-state index in [0.717, 1.165) is 44.6 Å². The highest BCUT2D eigenvalue weighted by Gasteiger charge is 2.56. The van der Waals surface area contributed by atoms with Gasteiger partial charge < -0.3 is 10.0 Å². The smallest absolute Gasteiger partial charge is 0.0540 e. The predicted octanol–water partition coefficient (Wildman–Crippen LogP) is 5.64. The number of likely N-dealkylation sites (tertiary alicyclic amines) is 1. The van der Waals surface area contributed by atoms with Gasteiger partial charge in [-0.3, -0.25) is 4.98 Å². The number of nitrogens with zero attached hydrogens (tertiary/aromatic N) is 2. The SMILES string of the molecule is OCC1(c2ccccc2)CCN(CCCc2ccccn2)CC1(c1ccccc1)c1ccccc1. The zero-order valence-electron chi connectivity index (χ0n) is 20.3. The van der Waals surface area contributed by atoms with Gasteiger partial charge in [-0.05, 0) is 61.2 Å². The lowest BCUT2D eigenvalue weighted by molar-refractivity contribution is 0.0381. The van der Waals surface area contributed by atoms with E-state index in [1.54, 1.807) is 0 Å². The number of aliphatic hydroxyl groups excluding tert-OH is 1. The van der Waals surface area contributed by atoms with E-state index >= 15 is 0 Å². The molecular formula is C32H34N2O. The third-order valence-corrected chi connectivity index (χ3v) is 7.90. The highest BCUT2D eigenvalue weighted by atomic mass is 16.3. The van der Waals surface area contributed by atoms with Crippen molar-refractivity contribution in [3.05, 3.63) is 138 Å². The Labute approximate surface area is 209 Å². The molecule has 0 aliphatic carbocycles. The van der Waals surface area contributed by atoms with Gasteiger partial charge in [0.05, 0.1) is 6.61 Å². The first-order chi connectivity index (χ1) is 17.3. The minimum absolute atomic E-state index is 0.0998. The molecule has 1 aliphatic heterocycles. The van der Waals surface area contributed by atoms with E-state index < -0.39 is 5.41 Å². The van der Waals surface area contributed by atoms with Crippen molar-refractivity contribution in [2.45, 2.75) is 30.1 Å². The average Bonchev–Trinajstić information content (AvgIpc) is 2.95. The van der Waals surface area contributed by atoms with Gasteiger partial charge in [0.2, 0.25) is 0 Å². The second-order valence-corrected chi connectivity index (χ2v) is 9.69. The van der Waals surface area contributed by atoms with E-state index in [1.807, 2.05) is 12.3 Å². The normalized spacial score (nSPS) is 19.9. The van der Waals surface area contributed by atoms with E-state index in [-0.39, 0.29) is 12.0 Å². The van der Waals surface area contributed by atoms with E-state index in [4.69, 9.17) is 0 Å². The maximum Gasteiger partial charge on any atom is 0.0540 e. The van der Waals surface area contributed by atoms with Crippen molar-refractivity contribution in [1.29, 1.82) is 0 Å². The molecule has 5 rings (SSSR count). The summed E-state index contributed by atoms with van der Waals surface area (Å²) in [7, 11) is 0. The lowest BCUT2D eigenvalue weighted by Gasteiger charge is -2.57. The average molecular weight is 463 g/mol. The van der Waals surface area contributed by atoms with Gasteiger partial charge in [0.15, 0.2) is 0 Å². The van der Waals surface area contributed by atoms with Crippen molar-refractivity contribution < 1.29 is 5.11 Å². The molecule has 0 saturated carbocycles. The van der Waals surface area contributed by atoms with Crippen LogP contribution >= 0.6 is 0 Å². The molecule has 4 aromatic rings. The minimum Gasteiger partial charge on any atom is -0.395 e. The summed E-state index contributed by atoms with van der Waals surface area (Å²) in [5, 5.41) is 11.2. The Balaban J connectivity index is 1.58. The first kappa shape index (κ1) is 23.5. The van der Waals surface area contributed by atoms with Gasteiger partial charge >= 0.3 is 0 Å². The molecule has 3 nitrogen and oxygen atoms in total. The number of hydrogen-bond donors (Lipinski definition) is 1. The summed E-state index contributed by atoms with van der Waals surface area (Å²) in [6, 6.07) is 38.5. The summed E-state index contributed by atoms with van der Waals surface area (Å²) in [6.45, 7) is 2.93. The third-order valence-electron chi connectivity index (χ3n) is 7.90. The monoisotopic (exact) mass is 462 g/mol. The second-order valence-electron chi connectivity index (χ2n) is 9.69. The van der Waals surface area contributed by atoms with Crippen LogP contribution in [-0.4, -0.2) is 41.2 Å². The lowest BCUT2D eigenvalue weighted by atomic mass is 9.51. The van der Waals surface area contributed by atoms with Crippen LogP contribution in [-0.2, 0) is 17.3 Å². The number of aliphatic hydroxyl groups is 1. The van der Waals surface area contributed by atoms with Crippen LogP contribution in [0.4, 0.5) is 0 Å². The molecule has 3 aromatic carbocycles. The number of pyridine rings is 1. The molecular weight excluding hydrogens is 428 g/mol. The first-order valence-electron chi connectivity index (χ1n) is 12.7. The maximum absolute atomic E-state index is 11.2. The maximum atomic E-state index is 11.2. The van der Waals surface area contributed by atoms with E-state index in [1.165, 1.54) is 16.7 Å². The number of rotatable bonds is 8. The van der Waals surface area contributed by atoms with Crippen molar-refractivity contribution in [1.82, 2.24) is 9.88 Å². The Bertz CT molecular complexity index is 1140. The standard InChI is InChI=1S/C32H34N2O/c35-26-31(27-13-4-1-5-14-27)21-24-34(23-12-20-30-19-10-11-22-33-30)25-32(31,28-15-6-2-7-16-28)29-17-8-3-9-18-29/h1-11,13-19,22,35H,12,20-21,23-26H2. The summed E-state index contributed by atoms with van der Waals surface area (Å²) >= 11 is 0. The van der Waals surface area contributed by atoms with Gasteiger partial charge in [0.1, 0.15) is 0 Å². The summed E-state index contributed by atoms with van der Waals surface area (Å²) in [5.74, 6) is 0. The fourth-order valence-electron chi connectivity index (χ4n) is 6.15. The number of aryl methyl sites for hydroxylation is 1. The molecule has 1 N–H and O–H groups in total. The first-order valence-corrected chi connectivity index (χ1v) is 12.7. The van der Waals surface area contributed by atoms with Crippen LogP contribution in [0.1, 0.15) is 35.2 Å². The van der Waals surface area contributed by atoms with Gasteiger partial charge in [-0.2, -0.15) is 0 Å². The van der Waals surface area contributed by atoms with Crippen LogP contribution in [0.15, 0.2) is 115 Å². The fraction of sp³-hybridized carbons (Fsp3) is 0.281. The molecule has 1 saturated heterocycles. The number of piperidine rings is 1. The van der Waals surface area contributed by atoms with E-state index in [9.17, 15) is 5.11 Å². The molecule has 0 amide bonds. The lowest BCUT2D eigenvalue weighted by Crippen LogP contribution is -2.63. The molecule has 35 heavy (non-hydrogen) atoms. The zero-order valence-corrected chi connectivity index (χ0v) is 20.3. The van der Waals surface area contributed by atoms with Gasteiger partial charge in [-0.1, -0.05) is 97.1 Å². The van der Waals surface area contributed by atoms with Gasteiger partial charge in [-0.15, -0.1) is 0 Å². The van der Waals surface area contributed by atoms with Crippen LogP contribution < -0.4 is 0 Å². The molecule has 1 fully saturated rings. The summed E-state index contributed by atoms with van der Waals surface area (Å²) in [6.07, 6.45) is 4.81. The van der Waals surface area contributed by atoms with Crippen LogP contribution in [0.25, 0.3) is 0 Å². The molecule has 3 heteroatoms. The van der Waals surface area contributed by atoms with Crippen molar-refractivity contribution in [3.63, 3.8) is 0 Å². The number of hydrogen-bond acceptors (Lipinski definition) is 3. The summed E-state index contributed by atoms with van der Waals surface area (Å²) in [5.41, 5.74) is 4.08. The predicted molar refractivity (Wildman–Crippen MR) is 142 cm³/mol. The molecule has 1 aliphatic rings. The van der Waals surface area contributed by atoms with Crippen LogP contribution in [0.3, 0.4) is 0 Å². The van der Waals surface area contributed by atoms with Crippen LogP contribution in [0.2, 0.25) is 0 Å². The Hall–Kier alpha value is -3.27. The van der Waals surface area contributed by atoms with Crippen molar-refractivity contribution in [3.8, 4) is 0 Å². The van der Waals surface area contributed by atoms with Crippen molar-refractivity contribution in [2.75, 3.05) is 26.2 Å². The molecule has 0 spiro atoms. The Kier molecular flexibility index (Phi) is 7.08. The fourth-order valence-corrected chi connectivity index (χ4v) is 6.15. The zero-order chi connectivity index (χ0) is 24.0. The Morgan fingerprint density at radius 3 is 1.83 bits per heavy atom. The van der Waals surface area contributed by atoms with Crippen LogP contribution in [0, 0.1) is 0 Å². The molecule has 178 valence electrons. The topological polar surface area (TPSA) is 36.4 Å². The Morgan fingerprint density at radius 2 is 1.29 bits per heavy atom. The molecule has 1 atom stereocenters.